The highest BCUT2D eigenvalue weighted by molar-refractivity contribution is 9.10. The molecule has 1 aliphatic rings. The molecule has 3 rings (SSSR count). The molecule has 1 heterocycles. The number of piperazine rings is 1. The monoisotopic (exact) mass is 466 g/mol. The summed E-state index contributed by atoms with van der Waals surface area (Å²) in [4.78, 5) is 29.1. The van der Waals surface area contributed by atoms with Crippen molar-refractivity contribution in [2.75, 3.05) is 40.4 Å². The zero-order valence-corrected chi connectivity index (χ0v) is 17.9. The van der Waals surface area contributed by atoms with Crippen LogP contribution in [0.4, 0.5) is 0 Å². The first-order chi connectivity index (χ1) is 13.4. The third kappa shape index (κ3) is 4.42. The fourth-order valence-electron chi connectivity index (χ4n) is 3.06. The summed E-state index contributed by atoms with van der Waals surface area (Å²) in [6.45, 7) is 1.76. The molecule has 0 N–H and O–H groups in total. The van der Waals surface area contributed by atoms with E-state index >= 15 is 0 Å². The second-order valence-electron chi connectivity index (χ2n) is 6.31. The predicted octanol–water partition coefficient (Wildman–Crippen LogP) is 3.72. The normalized spacial score (nSPS) is 14.0. The van der Waals surface area contributed by atoms with E-state index < -0.39 is 0 Å². The Labute approximate surface area is 177 Å². The molecular formula is C20H20BrClN2O4. The Morgan fingerprint density at radius 1 is 0.893 bits per heavy atom. The summed E-state index contributed by atoms with van der Waals surface area (Å²) in [6.07, 6.45) is 0. The van der Waals surface area contributed by atoms with Gasteiger partial charge in [-0.25, -0.2) is 0 Å². The number of methoxy groups -OCH3 is 2. The van der Waals surface area contributed by atoms with E-state index in [4.69, 9.17) is 21.1 Å². The molecule has 0 unspecified atom stereocenters. The van der Waals surface area contributed by atoms with Gasteiger partial charge in [-0.1, -0.05) is 27.5 Å². The van der Waals surface area contributed by atoms with E-state index in [1.165, 1.54) is 0 Å². The minimum Gasteiger partial charge on any atom is -0.497 e. The molecule has 6 nitrogen and oxygen atoms in total. The highest BCUT2D eigenvalue weighted by Crippen LogP contribution is 2.25. The number of hydrogen-bond donors (Lipinski definition) is 0. The van der Waals surface area contributed by atoms with Gasteiger partial charge >= 0.3 is 0 Å². The average molecular weight is 468 g/mol. The van der Waals surface area contributed by atoms with Crippen molar-refractivity contribution < 1.29 is 19.1 Å². The van der Waals surface area contributed by atoms with E-state index in [2.05, 4.69) is 15.9 Å². The number of amides is 2. The first-order valence-electron chi connectivity index (χ1n) is 8.69. The number of halogens is 2. The van der Waals surface area contributed by atoms with E-state index in [1.807, 2.05) is 0 Å². The van der Waals surface area contributed by atoms with Gasteiger partial charge in [0.25, 0.3) is 11.8 Å². The molecule has 148 valence electrons. The SMILES string of the molecule is COc1cc(OC)cc(C(=O)N2CCN(C(=O)c3cc(Br)ccc3Cl)CC2)c1. The number of carbonyl (C=O) groups is 2. The van der Waals surface area contributed by atoms with Crippen LogP contribution in [0, 0.1) is 0 Å². The first kappa shape index (κ1) is 20.5. The predicted molar refractivity (Wildman–Crippen MR) is 111 cm³/mol. The second-order valence-corrected chi connectivity index (χ2v) is 7.63. The van der Waals surface area contributed by atoms with Gasteiger partial charge in [0, 0.05) is 42.3 Å². The molecule has 0 saturated carbocycles. The van der Waals surface area contributed by atoms with Gasteiger partial charge < -0.3 is 19.3 Å². The van der Waals surface area contributed by atoms with Crippen LogP contribution in [0.15, 0.2) is 40.9 Å². The third-order valence-electron chi connectivity index (χ3n) is 4.61. The highest BCUT2D eigenvalue weighted by atomic mass is 79.9. The minimum atomic E-state index is -0.138. The fourth-order valence-corrected chi connectivity index (χ4v) is 3.62. The summed E-state index contributed by atoms with van der Waals surface area (Å²) in [7, 11) is 3.08. The molecule has 1 fully saturated rings. The van der Waals surface area contributed by atoms with Crippen LogP contribution in [0.2, 0.25) is 5.02 Å². The first-order valence-corrected chi connectivity index (χ1v) is 9.86. The Bertz CT molecular complexity index is 876. The van der Waals surface area contributed by atoms with Crippen LogP contribution in [0.1, 0.15) is 20.7 Å². The Kier molecular flexibility index (Phi) is 6.46. The van der Waals surface area contributed by atoms with Gasteiger partial charge in [0.05, 0.1) is 24.8 Å². The van der Waals surface area contributed by atoms with Gasteiger partial charge in [-0.05, 0) is 30.3 Å². The summed E-state index contributed by atoms with van der Waals surface area (Å²) < 4.78 is 11.3. The molecule has 0 radical (unpaired) electrons. The van der Waals surface area contributed by atoms with Gasteiger partial charge in [0.15, 0.2) is 0 Å². The minimum absolute atomic E-state index is 0.121. The molecule has 8 heteroatoms. The van der Waals surface area contributed by atoms with Crippen molar-refractivity contribution in [2.45, 2.75) is 0 Å². The van der Waals surface area contributed by atoms with Crippen molar-refractivity contribution in [3.05, 3.63) is 57.0 Å². The largest absolute Gasteiger partial charge is 0.497 e. The molecule has 1 aliphatic heterocycles. The molecule has 2 aromatic carbocycles. The molecule has 0 spiro atoms. The van der Waals surface area contributed by atoms with Crippen molar-refractivity contribution in [1.82, 2.24) is 9.80 Å². The van der Waals surface area contributed by atoms with E-state index in [1.54, 1.807) is 60.4 Å². The molecule has 0 aromatic heterocycles. The van der Waals surface area contributed by atoms with E-state index in [0.717, 1.165) is 4.47 Å². The van der Waals surface area contributed by atoms with Crippen molar-refractivity contribution >= 4 is 39.3 Å². The summed E-state index contributed by atoms with van der Waals surface area (Å²) in [6, 6.07) is 10.3. The van der Waals surface area contributed by atoms with Crippen LogP contribution < -0.4 is 9.47 Å². The van der Waals surface area contributed by atoms with Crippen LogP contribution in [0.25, 0.3) is 0 Å². The lowest BCUT2D eigenvalue weighted by atomic mass is 10.1. The van der Waals surface area contributed by atoms with Crippen LogP contribution in [0.5, 0.6) is 11.5 Å². The van der Waals surface area contributed by atoms with Crippen LogP contribution >= 0.6 is 27.5 Å². The van der Waals surface area contributed by atoms with Gasteiger partial charge in [0.2, 0.25) is 0 Å². The number of nitrogens with zero attached hydrogens (tertiary/aromatic N) is 2. The average Bonchev–Trinajstić information content (AvgIpc) is 2.74. The Morgan fingerprint density at radius 3 is 1.96 bits per heavy atom. The number of hydrogen-bond acceptors (Lipinski definition) is 4. The molecular weight excluding hydrogens is 448 g/mol. The lowest BCUT2D eigenvalue weighted by molar-refractivity contribution is 0.0535. The van der Waals surface area contributed by atoms with Crippen molar-refractivity contribution in [3.8, 4) is 11.5 Å². The maximum atomic E-state index is 12.9. The summed E-state index contributed by atoms with van der Waals surface area (Å²) >= 11 is 9.53. The van der Waals surface area contributed by atoms with Gasteiger partial charge in [0.1, 0.15) is 11.5 Å². The lowest BCUT2D eigenvalue weighted by Gasteiger charge is -2.35. The van der Waals surface area contributed by atoms with Crippen molar-refractivity contribution in [3.63, 3.8) is 0 Å². The summed E-state index contributed by atoms with van der Waals surface area (Å²) in [5.74, 6) is 0.854. The fraction of sp³-hybridized carbons (Fsp3) is 0.300. The maximum Gasteiger partial charge on any atom is 0.255 e. The number of ether oxygens (including phenoxy) is 2. The van der Waals surface area contributed by atoms with Crippen LogP contribution in [-0.4, -0.2) is 62.0 Å². The molecule has 1 saturated heterocycles. The molecule has 0 atom stereocenters. The molecule has 2 amide bonds. The maximum absolute atomic E-state index is 12.9. The molecule has 2 aromatic rings. The van der Waals surface area contributed by atoms with Gasteiger partial charge in [-0.2, -0.15) is 0 Å². The zero-order chi connectivity index (χ0) is 20.3. The van der Waals surface area contributed by atoms with Crippen molar-refractivity contribution in [1.29, 1.82) is 0 Å². The number of carbonyl (C=O) groups excluding carboxylic acids is 2. The molecule has 28 heavy (non-hydrogen) atoms. The highest BCUT2D eigenvalue weighted by Gasteiger charge is 2.27. The van der Waals surface area contributed by atoms with E-state index in [9.17, 15) is 9.59 Å². The third-order valence-corrected chi connectivity index (χ3v) is 5.43. The lowest BCUT2D eigenvalue weighted by Crippen LogP contribution is -2.50. The second kappa shape index (κ2) is 8.84. The Hall–Kier alpha value is -2.25. The topological polar surface area (TPSA) is 59.1 Å². The molecule has 0 bridgehead atoms. The van der Waals surface area contributed by atoms with Crippen LogP contribution in [-0.2, 0) is 0 Å². The zero-order valence-electron chi connectivity index (χ0n) is 15.6. The van der Waals surface area contributed by atoms with Crippen LogP contribution in [0.3, 0.4) is 0 Å². The van der Waals surface area contributed by atoms with Gasteiger partial charge in [-0.3, -0.25) is 9.59 Å². The molecule has 0 aliphatic carbocycles. The van der Waals surface area contributed by atoms with E-state index in [-0.39, 0.29) is 11.8 Å². The quantitative estimate of drug-likeness (QED) is 0.688. The number of rotatable bonds is 4. The Morgan fingerprint density at radius 2 is 1.43 bits per heavy atom. The standard InChI is InChI=1S/C20H20BrClN2O4/c1-27-15-9-13(10-16(12-15)28-2)19(25)23-5-7-24(8-6-23)20(26)17-11-14(21)3-4-18(17)22/h3-4,9-12H,5-8H2,1-2H3. The van der Waals surface area contributed by atoms with Gasteiger partial charge in [-0.15, -0.1) is 0 Å². The smallest absolute Gasteiger partial charge is 0.255 e. The van der Waals surface area contributed by atoms with E-state index in [0.29, 0.717) is 53.8 Å². The Balaban J connectivity index is 1.69. The summed E-state index contributed by atoms with van der Waals surface area (Å²) in [5.41, 5.74) is 0.944. The summed E-state index contributed by atoms with van der Waals surface area (Å²) in [5, 5.41) is 0.412. The van der Waals surface area contributed by atoms with Crippen molar-refractivity contribution in [2.24, 2.45) is 0 Å². The number of benzene rings is 2.